The first-order valence-corrected chi connectivity index (χ1v) is 8.61. The molecule has 118 valence electrons. The van der Waals surface area contributed by atoms with Gasteiger partial charge in [-0.15, -0.1) is 24.2 Å². The van der Waals surface area contributed by atoms with E-state index in [-0.39, 0.29) is 30.2 Å². The standard InChI is InChI=1S/C14H18BrFN2OS.ClH/c15-11-4-3-10(13(16)6-11)8-20-9-14(19)18-12-2-1-5-17-7-12;/h3-4,6,12,17H,1-2,5,7-9H2,(H,18,19);1H/t12-;/m0./s1. The molecule has 2 rings (SSSR count). The van der Waals surface area contributed by atoms with E-state index in [2.05, 4.69) is 26.6 Å². The predicted molar refractivity (Wildman–Crippen MR) is 91.5 cm³/mol. The Labute approximate surface area is 143 Å². The van der Waals surface area contributed by atoms with Gasteiger partial charge in [-0.3, -0.25) is 4.79 Å². The third-order valence-corrected chi connectivity index (χ3v) is 4.64. The molecule has 1 aromatic rings. The lowest BCUT2D eigenvalue weighted by Gasteiger charge is -2.23. The lowest BCUT2D eigenvalue weighted by atomic mass is 10.1. The highest BCUT2D eigenvalue weighted by Gasteiger charge is 2.15. The summed E-state index contributed by atoms with van der Waals surface area (Å²) in [5.41, 5.74) is 0.630. The summed E-state index contributed by atoms with van der Waals surface area (Å²) in [5.74, 6) is 0.673. The minimum atomic E-state index is -0.233. The van der Waals surface area contributed by atoms with Gasteiger partial charge >= 0.3 is 0 Å². The van der Waals surface area contributed by atoms with Crippen molar-refractivity contribution in [1.29, 1.82) is 0 Å². The summed E-state index contributed by atoms with van der Waals surface area (Å²) >= 11 is 4.66. The topological polar surface area (TPSA) is 41.1 Å². The zero-order valence-electron chi connectivity index (χ0n) is 11.5. The molecule has 1 fully saturated rings. The molecule has 0 saturated carbocycles. The van der Waals surface area contributed by atoms with E-state index in [1.54, 1.807) is 6.07 Å². The van der Waals surface area contributed by atoms with E-state index >= 15 is 0 Å². The highest BCUT2D eigenvalue weighted by molar-refractivity contribution is 9.10. The maximum absolute atomic E-state index is 13.6. The number of halogens is 3. The van der Waals surface area contributed by atoms with E-state index in [1.807, 2.05) is 6.07 Å². The van der Waals surface area contributed by atoms with Crippen LogP contribution in [-0.2, 0) is 10.5 Å². The molecule has 2 N–H and O–H groups in total. The molecule has 1 saturated heterocycles. The van der Waals surface area contributed by atoms with Crippen LogP contribution < -0.4 is 10.6 Å². The Morgan fingerprint density at radius 3 is 3.00 bits per heavy atom. The molecule has 0 spiro atoms. The Morgan fingerprint density at radius 2 is 2.33 bits per heavy atom. The van der Waals surface area contributed by atoms with Crippen molar-refractivity contribution in [2.24, 2.45) is 0 Å². The molecule has 0 radical (unpaired) electrons. The Kier molecular flexibility index (Phi) is 8.63. The first-order chi connectivity index (χ1) is 9.65. The number of nitrogens with one attached hydrogen (secondary N) is 2. The fraction of sp³-hybridized carbons (Fsp3) is 0.500. The number of thioether (sulfide) groups is 1. The van der Waals surface area contributed by atoms with Crippen molar-refractivity contribution in [3.05, 3.63) is 34.1 Å². The number of piperidine rings is 1. The lowest BCUT2D eigenvalue weighted by Crippen LogP contribution is -2.46. The van der Waals surface area contributed by atoms with Gasteiger partial charge in [0.1, 0.15) is 5.82 Å². The summed E-state index contributed by atoms with van der Waals surface area (Å²) in [5, 5.41) is 6.26. The van der Waals surface area contributed by atoms with Gasteiger partial charge in [0.15, 0.2) is 0 Å². The van der Waals surface area contributed by atoms with Crippen LogP contribution in [0.5, 0.6) is 0 Å². The molecule has 1 aliphatic heterocycles. The third kappa shape index (κ3) is 6.55. The van der Waals surface area contributed by atoms with E-state index in [0.29, 0.717) is 17.1 Å². The number of benzene rings is 1. The molecule has 0 aliphatic carbocycles. The molecule has 1 aromatic carbocycles. The van der Waals surface area contributed by atoms with Gasteiger partial charge in [-0.05, 0) is 37.1 Å². The average Bonchev–Trinajstić information content (AvgIpc) is 2.42. The van der Waals surface area contributed by atoms with Gasteiger partial charge in [0.2, 0.25) is 5.91 Å². The van der Waals surface area contributed by atoms with Crippen molar-refractivity contribution < 1.29 is 9.18 Å². The lowest BCUT2D eigenvalue weighted by molar-refractivity contribution is -0.119. The van der Waals surface area contributed by atoms with Crippen molar-refractivity contribution in [2.75, 3.05) is 18.8 Å². The monoisotopic (exact) mass is 396 g/mol. The van der Waals surface area contributed by atoms with Crippen LogP contribution >= 0.6 is 40.1 Å². The minimum Gasteiger partial charge on any atom is -0.351 e. The van der Waals surface area contributed by atoms with Crippen molar-refractivity contribution in [3.8, 4) is 0 Å². The van der Waals surface area contributed by atoms with E-state index < -0.39 is 0 Å². The second-order valence-corrected chi connectivity index (χ2v) is 6.74. The first-order valence-electron chi connectivity index (χ1n) is 6.67. The van der Waals surface area contributed by atoms with E-state index in [4.69, 9.17) is 0 Å². The summed E-state index contributed by atoms with van der Waals surface area (Å²) in [7, 11) is 0. The summed E-state index contributed by atoms with van der Waals surface area (Å²) < 4.78 is 14.3. The molecule has 0 aromatic heterocycles. The minimum absolute atomic E-state index is 0. The Hall–Kier alpha value is -0.300. The van der Waals surface area contributed by atoms with Crippen LogP contribution in [0.4, 0.5) is 4.39 Å². The summed E-state index contributed by atoms with van der Waals surface area (Å²) in [6, 6.07) is 5.24. The normalized spacial score (nSPS) is 17.9. The van der Waals surface area contributed by atoms with Gasteiger partial charge in [0, 0.05) is 22.8 Å². The van der Waals surface area contributed by atoms with Crippen LogP contribution in [0.3, 0.4) is 0 Å². The Morgan fingerprint density at radius 1 is 1.52 bits per heavy atom. The molecule has 1 atom stereocenters. The van der Waals surface area contributed by atoms with Crippen molar-refractivity contribution in [3.63, 3.8) is 0 Å². The number of carbonyl (C=O) groups is 1. The highest BCUT2D eigenvalue weighted by Crippen LogP contribution is 2.19. The van der Waals surface area contributed by atoms with Crippen LogP contribution in [0.15, 0.2) is 22.7 Å². The molecule has 21 heavy (non-hydrogen) atoms. The molecule has 1 heterocycles. The molecule has 1 aliphatic rings. The smallest absolute Gasteiger partial charge is 0.230 e. The molecule has 3 nitrogen and oxygen atoms in total. The number of hydrogen-bond acceptors (Lipinski definition) is 3. The van der Waals surface area contributed by atoms with E-state index in [9.17, 15) is 9.18 Å². The quantitative estimate of drug-likeness (QED) is 0.802. The largest absolute Gasteiger partial charge is 0.351 e. The van der Waals surface area contributed by atoms with Crippen LogP contribution in [0.25, 0.3) is 0 Å². The zero-order valence-corrected chi connectivity index (χ0v) is 14.8. The zero-order chi connectivity index (χ0) is 14.4. The highest BCUT2D eigenvalue weighted by atomic mass is 79.9. The van der Waals surface area contributed by atoms with Crippen LogP contribution in [0.2, 0.25) is 0 Å². The average molecular weight is 398 g/mol. The Balaban J connectivity index is 0.00000220. The van der Waals surface area contributed by atoms with Crippen molar-refractivity contribution >= 4 is 46.0 Å². The SMILES string of the molecule is Cl.O=C(CSCc1ccc(Br)cc1F)N[C@H]1CCCNC1. The molecular weight excluding hydrogens is 379 g/mol. The molecule has 0 bridgehead atoms. The van der Waals surface area contributed by atoms with Crippen LogP contribution in [-0.4, -0.2) is 30.8 Å². The maximum Gasteiger partial charge on any atom is 0.230 e. The number of rotatable bonds is 5. The van der Waals surface area contributed by atoms with Gasteiger partial charge in [-0.1, -0.05) is 22.0 Å². The number of hydrogen-bond donors (Lipinski definition) is 2. The fourth-order valence-corrected chi connectivity index (χ4v) is 3.29. The van der Waals surface area contributed by atoms with Gasteiger partial charge in [-0.2, -0.15) is 0 Å². The number of carbonyl (C=O) groups excluding carboxylic acids is 1. The first kappa shape index (κ1) is 18.7. The summed E-state index contributed by atoms with van der Waals surface area (Å²) in [6.45, 7) is 1.88. The van der Waals surface area contributed by atoms with Gasteiger partial charge in [0.25, 0.3) is 0 Å². The summed E-state index contributed by atoms with van der Waals surface area (Å²) in [6.07, 6.45) is 2.13. The van der Waals surface area contributed by atoms with Gasteiger partial charge in [-0.25, -0.2) is 4.39 Å². The second-order valence-electron chi connectivity index (χ2n) is 4.84. The Bertz CT molecular complexity index is 472. The third-order valence-electron chi connectivity index (χ3n) is 3.17. The van der Waals surface area contributed by atoms with E-state index in [0.717, 1.165) is 30.4 Å². The van der Waals surface area contributed by atoms with Crippen molar-refractivity contribution in [1.82, 2.24) is 10.6 Å². The van der Waals surface area contributed by atoms with Crippen LogP contribution in [0.1, 0.15) is 18.4 Å². The maximum atomic E-state index is 13.6. The van der Waals surface area contributed by atoms with Gasteiger partial charge in [0.05, 0.1) is 5.75 Å². The molecule has 1 amide bonds. The van der Waals surface area contributed by atoms with Gasteiger partial charge < -0.3 is 10.6 Å². The molecule has 0 unspecified atom stereocenters. The second kappa shape index (κ2) is 9.66. The molecule has 7 heteroatoms. The fourth-order valence-electron chi connectivity index (χ4n) is 2.14. The van der Waals surface area contributed by atoms with Crippen LogP contribution in [0, 0.1) is 5.82 Å². The number of amides is 1. The molecular formula is C14H19BrClFN2OS. The summed E-state index contributed by atoms with van der Waals surface area (Å²) in [4.78, 5) is 11.8. The van der Waals surface area contributed by atoms with E-state index in [1.165, 1.54) is 17.8 Å². The predicted octanol–water partition coefficient (Wildman–Crippen LogP) is 3.11. The van der Waals surface area contributed by atoms with Crippen molar-refractivity contribution in [2.45, 2.75) is 24.6 Å².